The second-order valence-electron chi connectivity index (χ2n) is 4.18. The summed E-state index contributed by atoms with van der Waals surface area (Å²) in [7, 11) is -4.01. The van der Waals surface area contributed by atoms with Gasteiger partial charge < -0.3 is 0 Å². The van der Waals surface area contributed by atoms with Gasteiger partial charge >= 0.3 is 0 Å². The zero-order valence-electron chi connectivity index (χ0n) is 11.3. The number of carbonyl (C=O) groups excluding carboxylic acids is 1. The highest BCUT2D eigenvalue weighted by atomic mass is 35.5. The van der Waals surface area contributed by atoms with Crippen molar-refractivity contribution in [3.05, 3.63) is 63.4 Å². The van der Waals surface area contributed by atoms with Gasteiger partial charge in [0.25, 0.3) is 21.6 Å². The molecule has 9 nitrogen and oxygen atoms in total. The molecule has 2 rings (SSSR count). The molecule has 1 aromatic heterocycles. The third kappa shape index (κ3) is 4.22. The summed E-state index contributed by atoms with van der Waals surface area (Å²) in [5.74, 6) is -0.773. The van der Waals surface area contributed by atoms with Crippen LogP contribution in [0.5, 0.6) is 0 Å². The van der Waals surface area contributed by atoms with E-state index >= 15 is 0 Å². The summed E-state index contributed by atoms with van der Waals surface area (Å²) < 4.78 is 23.8. The minimum Gasteiger partial charge on any atom is -0.273 e. The van der Waals surface area contributed by atoms with E-state index in [9.17, 15) is 23.3 Å². The van der Waals surface area contributed by atoms with E-state index in [1.165, 1.54) is 24.3 Å². The number of benzene rings is 1. The molecule has 0 atom stereocenters. The zero-order valence-corrected chi connectivity index (χ0v) is 12.8. The van der Waals surface area contributed by atoms with Crippen LogP contribution in [0, 0.1) is 10.1 Å². The summed E-state index contributed by atoms with van der Waals surface area (Å²) in [5.41, 5.74) is 1.86. The van der Waals surface area contributed by atoms with Crippen LogP contribution in [0.3, 0.4) is 0 Å². The number of amides is 1. The summed E-state index contributed by atoms with van der Waals surface area (Å²) >= 11 is 5.56. The Morgan fingerprint density at radius 3 is 2.35 bits per heavy atom. The van der Waals surface area contributed by atoms with Crippen molar-refractivity contribution in [3.63, 3.8) is 0 Å². The largest absolute Gasteiger partial charge is 0.273 e. The first-order valence-corrected chi connectivity index (χ1v) is 7.84. The molecule has 0 fully saturated rings. The van der Waals surface area contributed by atoms with Crippen molar-refractivity contribution < 1.29 is 18.1 Å². The van der Waals surface area contributed by atoms with Gasteiger partial charge in [0.2, 0.25) is 0 Å². The molecule has 11 heteroatoms. The number of carbonyl (C=O) groups is 1. The van der Waals surface area contributed by atoms with Gasteiger partial charge in [-0.2, -0.15) is 0 Å². The molecule has 1 aromatic carbocycles. The fourth-order valence-corrected chi connectivity index (χ4v) is 2.40. The van der Waals surface area contributed by atoms with Crippen LogP contribution in [-0.4, -0.2) is 24.2 Å². The monoisotopic (exact) mass is 356 g/mol. The lowest BCUT2D eigenvalue weighted by atomic mass is 10.2. The number of nitro benzene ring substituents is 1. The van der Waals surface area contributed by atoms with Gasteiger partial charge in [-0.05, 0) is 24.3 Å². The van der Waals surface area contributed by atoms with Crippen LogP contribution < -0.4 is 10.3 Å². The van der Waals surface area contributed by atoms with Crippen molar-refractivity contribution in [2.45, 2.75) is 4.90 Å². The summed E-state index contributed by atoms with van der Waals surface area (Å²) in [4.78, 5) is 27.0. The average Bonchev–Trinajstić information content (AvgIpc) is 2.53. The molecule has 0 bridgehead atoms. The highest BCUT2D eigenvalue weighted by Gasteiger charge is 2.16. The Morgan fingerprint density at radius 2 is 1.83 bits per heavy atom. The van der Waals surface area contributed by atoms with Crippen LogP contribution >= 0.6 is 11.6 Å². The molecule has 2 aromatic rings. The number of hydrazine groups is 1. The summed E-state index contributed by atoms with van der Waals surface area (Å²) in [6, 6.07) is 7.17. The Balaban J connectivity index is 2.06. The number of hydrogen-bond donors (Lipinski definition) is 2. The van der Waals surface area contributed by atoms with Gasteiger partial charge in [0.05, 0.1) is 4.92 Å². The third-order valence-corrected chi connectivity index (χ3v) is 4.11. The van der Waals surface area contributed by atoms with Crippen molar-refractivity contribution in [2.75, 3.05) is 0 Å². The maximum Gasteiger partial charge on any atom is 0.269 e. The number of nitro groups is 1. The van der Waals surface area contributed by atoms with Crippen molar-refractivity contribution in [1.29, 1.82) is 0 Å². The maximum atomic E-state index is 11.9. The number of rotatable bonds is 5. The molecule has 0 radical (unpaired) electrons. The third-order valence-electron chi connectivity index (χ3n) is 2.65. The van der Waals surface area contributed by atoms with Gasteiger partial charge in [0, 0.05) is 23.9 Å². The fraction of sp³-hybridized carbons (Fsp3) is 0. The summed E-state index contributed by atoms with van der Waals surface area (Å²) in [6.07, 6.45) is 1.03. The molecule has 1 heterocycles. The van der Waals surface area contributed by atoms with Crippen LogP contribution in [0.25, 0.3) is 0 Å². The predicted molar refractivity (Wildman–Crippen MR) is 80.1 cm³/mol. The van der Waals surface area contributed by atoms with E-state index in [1.807, 2.05) is 10.3 Å². The van der Waals surface area contributed by atoms with Crippen LogP contribution in [0.15, 0.2) is 47.5 Å². The average molecular weight is 357 g/mol. The SMILES string of the molecule is O=C(NNS(=O)(=O)c1ccc(Cl)nc1)c1ccc([N+](=O)[O-])cc1. The molecule has 120 valence electrons. The first-order valence-electron chi connectivity index (χ1n) is 5.98. The zero-order chi connectivity index (χ0) is 17.0. The first-order chi connectivity index (χ1) is 10.8. The van der Waals surface area contributed by atoms with Crippen LogP contribution in [0.2, 0.25) is 5.15 Å². The van der Waals surface area contributed by atoms with Gasteiger partial charge in [-0.25, -0.2) is 13.4 Å². The minimum absolute atomic E-state index is 0.0486. The highest BCUT2D eigenvalue weighted by Crippen LogP contribution is 2.12. The van der Waals surface area contributed by atoms with Gasteiger partial charge in [-0.3, -0.25) is 20.3 Å². The second-order valence-corrected chi connectivity index (χ2v) is 6.25. The molecule has 0 aliphatic heterocycles. The van der Waals surface area contributed by atoms with Gasteiger partial charge in [0.1, 0.15) is 10.0 Å². The van der Waals surface area contributed by atoms with E-state index < -0.39 is 20.9 Å². The Kier molecular flexibility index (Phi) is 4.89. The van der Waals surface area contributed by atoms with Crippen molar-refractivity contribution in [1.82, 2.24) is 15.2 Å². The number of pyridine rings is 1. The van der Waals surface area contributed by atoms with E-state index in [2.05, 4.69) is 4.98 Å². The van der Waals surface area contributed by atoms with Crippen molar-refractivity contribution >= 4 is 33.2 Å². The molecule has 2 N–H and O–H groups in total. The Morgan fingerprint density at radius 1 is 1.17 bits per heavy atom. The molecule has 0 aliphatic rings. The standard InChI is InChI=1S/C12H9ClN4O5S/c13-11-6-5-10(7-14-11)23(21,22)16-15-12(18)8-1-3-9(4-2-8)17(19)20/h1-7,16H,(H,15,18). The van der Waals surface area contributed by atoms with E-state index in [0.29, 0.717) is 0 Å². The van der Waals surface area contributed by atoms with Crippen molar-refractivity contribution in [2.24, 2.45) is 0 Å². The second kappa shape index (κ2) is 6.69. The molecule has 1 amide bonds. The normalized spacial score (nSPS) is 11.0. The molecule has 0 unspecified atom stereocenters. The predicted octanol–water partition coefficient (Wildman–Crippen LogP) is 1.27. The fourth-order valence-electron chi connectivity index (χ4n) is 1.50. The molecule has 0 aliphatic carbocycles. The van der Waals surface area contributed by atoms with Crippen LogP contribution in [0.1, 0.15) is 10.4 Å². The number of aromatic nitrogens is 1. The molecular weight excluding hydrogens is 348 g/mol. The maximum absolute atomic E-state index is 11.9. The van der Waals surface area contributed by atoms with E-state index in [0.717, 1.165) is 18.3 Å². The number of nitrogens with one attached hydrogen (secondary N) is 2. The van der Waals surface area contributed by atoms with Crippen LogP contribution in [-0.2, 0) is 10.0 Å². The number of sulfonamides is 1. The highest BCUT2D eigenvalue weighted by molar-refractivity contribution is 7.89. The Bertz CT molecular complexity index is 837. The van der Waals surface area contributed by atoms with E-state index in [-0.39, 0.29) is 21.3 Å². The van der Waals surface area contributed by atoms with Crippen molar-refractivity contribution in [3.8, 4) is 0 Å². The van der Waals surface area contributed by atoms with Crippen LogP contribution in [0.4, 0.5) is 5.69 Å². The molecular formula is C12H9ClN4O5S. The minimum atomic E-state index is -4.01. The lowest BCUT2D eigenvalue weighted by molar-refractivity contribution is -0.384. The van der Waals surface area contributed by atoms with E-state index in [4.69, 9.17) is 11.6 Å². The topological polar surface area (TPSA) is 131 Å². The lowest BCUT2D eigenvalue weighted by Crippen LogP contribution is -2.41. The first kappa shape index (κ1) is 16.8. The van der Waals surface area contributed by atoms with Gasteiger partial charge in [-0.15, -0.1) is 4.83 Å². The molecule has 0 spiro atoms. The Hall–Kier alpha value is -2.56. The number of halogens is 1. The van der Waals surface area contributed by atoms with Gasteiger partial charge in [-0.1, -0.05) is 11.6 Å². The quantitative estimate of drug-likeness (QED) is 0.471. The number of nitrogens with zero attached hydrogens (tertiary/aromatic N) is 2. The summed E-state index contributed by atoms with van der Waals surface area (Å²) in [6.45, 7) is 0. The van der Waals surface area contributed by atoms with Gasteiger partial charge in [0.15, 0.2) is 0 Å². The summed E-state index contributed by atoms with van der Waals surface area (Å²) in [5, 5.41) is 10.6. The number of hydrogen-bond acceptors (Lipinski definition) is 6. The smallest absolute Gasteiger partial charge is 0.269 e. The lowest BCUT2D eigenvalue weighted by Gasteiger charge is -2.08. The Labute approximate surface area is 135 Å². The van der Waals surface area contributed by atoms with E-state index in [1.54, 1.807) is 0 Å². The molecule has 23 heavy (non-hydrogen) atoms. The molecule has 0 saturated carbocycles. The number of non-ortho nitro benzene ring substituents is 1. The molecule has 0 saturated heterocycles.